The number of morpholine rings is 1. The van der Waals surface area contributed by atoms with Gasteiger partial charge < -0.3 is 19.9 Å². The van der Waals surface area contributed by atoms with Gasteiger partial charge in [-0.1, -0.05) is 12.1 Å². The second-order valence-corrected chi connectivity index (χ2v) is 5.14. The van der Waals surface area contributed by atoms with Crippen LogP contribution in [0.3, 0.4) is 0 Å². The number of nitrogens with zero attached hydrogens (tertiary/aromatic N) is 4. The molecule has 2 N–H and O–H groups in total. The lowest BCUT2D eigenvalue weighted by Crippen LogP contribution is -2.44. The number of fused-ring (bicyclic) bond motifs is 1. The third-order valence-corrected chi connectivity index (χ3v) is 3.78. The Morgan fingerprint density at radius 1 is 1.32 bits per heavy atom. The van der Waals surface area contributed by atoms with Crippen LogP contribution in [0.2, 0.25) is 0 Å². The van der Waals surface area contributed by atoms with Crippen molar-refractivity contribution in [2.24, 2.45) is 10.7 Å². The second-order valence-electron chi connectivity index (χ2n) is 5.14. The Kier molecular flexibility index (Phi) is 6.01. The van der Waals surface area contributed by atoms with Crippen LogP contribution in [0.25, 0.3) is 11.0 Å². The lowest BCUT2D eigenvalue weighted by molar-refractivity contribution is 0.0674. The molecule has 0 bridgehead atoms. The molecule has 3 rings (SSSR count). The van der Waals surface area contributed by atoms with E-state index in [0.717, 1.165) is 49.7 Å². The maximum atomic E-state index is 6.03. The fraction of sp³-hybridized carbons (Fsp3) is 0.467. The van der Waals surface area contributed by atoms with Crippen LogP contribution in [0.1, 0.15) is 5.82 Å². The van der Waals surface area contributed by atoms with Crippen LogP contribution in [-0.2, 0) is 11.3 Å². The van der Waals surface area contributed by atoms with Gasteiger partial charge in [0, 0.05) is 19.6 Å². The zero-order valence-electron chi connectivity index (χ0n) is 12.7. The molecule has 1 aliphatic rings. The predicted octanol–water partition coefficient (Wildman–Crippen LogP) is 1.61. The van der Waals surface area contributed by atoms with Crippen LogP contribution >= 0.6 is 24.0 Å². The Hall–Kier alpha value is -1.35. The van der Waals surface area contributed by atoms with E-state index in [2.05, 4.69) is 25.5 Å². The highest BCUT2D eigenvalue weighted by Gasteiger charge is 2.12. The summed E-state index contributed by atoms with van der Waals surface area (Å²) in [6.45, 7) is 6.56. The van der Waals surface area contributed by atoms with Gasteiger partial charge in [-0.2, -0.15) is 0 Å². The minimum absolute atomic E-state index is 0. The molecule has 0 atom stereocenters. The van der Waals surface area contributed by atoms with Gasteiger partial charge in [0.2, 0.25) is 0 Å². The maximum absolute atomic E-state index is 6.03. The number of aliphatic imine (C=N–C) groups is 1. The minimum atomic E-state index is 0. The number of aromatic nitrogens is 2. The molecule has 1 aliphatic heterocycles. The number of aryl methyl sites for hydroxylation is 1. The third-order valence-electron chi connectivity index (χ3n) is 3.78. The highest BCUT2D eigenvalue weighted by molar-refractivity contribution is 14.0. The molecule has 0 spiro atoms. The molecule has 2 heterocycles. The minimum Gasteiger partial charge on any atom is -0.378 e. The Balaban J connectivity index is 0.00000176. The molecule has 0 amide bonds. The highest BCUT2D eigenvalue weighted by atomic mass is 127. The van der Waals surface area contributed by atoms with Crippen LogP contribution < -0.4 is 5.73 Å². The number of benzene rings is 1. The molecule has 1 aromatic carbocycles. The first-order chi connectivity index (χ1) is 10.3. The Morgan fingerprint density at radius 3 is 2.82 bits per heavy atom. The molecule has 1 saturated heterocycles. The summed E-state index contributed by atoms with van der Waals surface area (Å²) in [5.41, 5.74) is 8.21. The number of imidazole rings is 1. The van der Waals surface area contributed by atoms with E-state index in [1.807, 2.05) is 25.1 Å². The van der Waals surface area contributed by atoms with E-state index in [1.165, 1.54) is 0 Å². The molecule has 0 aliphatic carbocycles. The number of hydrogen-bond acceptors (Lipinski definition) is 3. The van der Waals surface area contributed by atoms with E-state index in [0.29, 0.717) is 12.5 Å². The Morgan fingerprint density at radius 2 is 2.05 bits per heavy atom. The Labute approximate surface area is 147 Å². The molecule has 7 heteroatoms. The van der Waals surface area contributed by atoms with Gasteiger partial charge >= 0.3 is 0 Å². The van der Waals surface area contributed by atoms with Gasteiger partial charge in [-0.25, -0.2) is 4.98 Å². The summed E-state index contributed by atoms with van der Waals surface area (Å²) in [7, 11) is 0. The molecule has 0 unspecified atom stereocenters. The van der Waals surface area contributed by atoms with Gasteiger partial charge in [0.1, 0.15) is 5.82 Å². The van der Waals surface area contributed by atoms with Gasteiger partial charge in [0.25, 0.3) is 0 Å². The normalized spacial score (nSPS) is 15.9. The highest BCUT2D eigenvalue weighted by Crippen LogP contribution is 2.15. The van der Waals surface area contributed by atoms with Crippen LogP contribution in [-0.4, -0.2) is 53.3 Å². The number of rotatable bonds is 3. The number of halogens is 1. The van der Waals surface area contributed by atoms with Gasteiger partial charge in [-0.15, -0.1) is 24.0 Å². The topological polar surface area (TPSA) is 68.7 Å². The van der Waals surface area contributed by atoms with Crippen molar-refractivity contribution in [2.45, 2.75) is 13.5 Å². The van der Waals surface area contributed by atoms with Gasteiger partial charge in [0.15, 0.2) is 5.96 Å². The fourth-order valence-electron chi connectivity index (χ4n) is 2.64. The van der Waals surface area contributed by atoms with Gasteiger partial charge in [0.05, 0.1) is 30.8 Å². The molecule has 0 radical (unpaired) electrons. The predicted molar refractivity (Wildman–Crippen MR) is 98.8 cm³/mol. The quantitative estimate of drug-likeness (QED) is 0.470. The number of nitrogens with two attached hydrogens (primary N) is 1. The summed E-state index contributed by atoms with van der Waals surface area (Å²) >= 11 is 0. The summed E-state index contributed by atoms with van der Waals surface area (Å²) < 4.78 is 7.50. The molecule has 6 nitrogen and oxygen atoms in total. The number of ether oxygens (including phenoxy) is 1. The van der Waals surface area contributed by atoms with Crippen molar-refractivity contribution in [1.82, 2.24) is 14.5 Å². The zero-order valence-corrected chi connectivity index (χ0v) is 15.1. The Bertz CT molecular complexity index is 648. The van der Waals surface area contributed by atoms with Crippen molar-refractivity contribution < 1.29 is 4.74 Å². The fourth-order valence-corrected chi connectivity index (χ4v) is 2.64. The van der Waals surface area contributed by atoms with Crippen LogP contribution in [0.4, 0.5) is 0 Å². The first-order valence-corrected chi connectivity index (χ1v) is 7.30. The smallest absolute Gasteiger partial charge is 0.191 e. The maximum Gasteiger partial charge on any atom is 0.191 e. The van der Waals surface area contributed by atoms with E-state index in [1.54, 1.807) is 0 Å². The molecule has 1 fully saturated rings. The summed E-state index contributed by atoms with van der Waals surface area (Å²) in [5.74, 6) is 1.62. The van der Waals surface area contributed by atoms with Crippen molar-refractivity contribution in [1.29, 1.82) is 0 Å². The number of para-hydroxylation sites is 2. The molecular formula is C15H22IN5O. The average Bonchev–Trinajstić information content (AvgIpc) is 2.84. The van der Waals surface area contributed by atoms with Crippen molar-refractivity contribution in [3.8, 4) is 0 Å². The third kappa shape index (κ3) is 3.70. The van der Waals surface area contributed by atoms with Crippen LogP contribution in [0.5, 0.6) is 0 Å². The molecule has 22 heavy (non-hydrogen) atoms. The molecule has 0 saturated carbocycles. The lowest BCUT2D eigenvalue weighted by atomic mass is 10.3. The summed E-state index contributed by atoms with van der Waals surface area (Å²) in [5, 5.41) is 0. The standard InChI is InChI=1S/C15H21N5O.HI/c1-12-18-13-4-2-3-5-14(13)20(12)7-6-17-15(16)19-8-10-21-11-9-19;/h2-5H,6-11H2,1H3,(H2,16,17);1H. The van der Waals surface area contributed by atoms with Crippen molar-refractivity contribution in [3.05, 3.63) is 30.1 Å². The van der Waals surface area contributed by atoms with E-state index in [4.69, 9.17) is 10.5 Å². The summed E-state index contributed by atoms with van der Waals surface area (Å²) in [4.78, 5) is 11.1. The zero-order chi connectivity index (χ0) is 14.7. The van der Waals surface area contributed by atoms with Crippen molar-refractivity contribution >= 4 is 41.0 Å². The van der Waals surface area contributed by atoms with Gasteiger partial charge in [-0.3, -0.25) is 4.99 Å². The van der Waals surface area contributed by atoms with Crippen LogP contribution in [0.15, 0.2) is 29.3 Å². The molecule has 2 aromatic rings. The SMILES string of the molecule is Cc1nc2ccccc2n1CCN=C(N)N1CCOCC1.I. The van der Waals surface area contributed by atoms with Crippen molar-refractivity contribution in [2.75, 3.05) is 32.8 Å². The molecular weight excluding hydrogens is 393 g/mol. The van der Waals surface area contributed by atoms with E-state index < -0.39 is 0 Å². The number of guanidine groups is 1. The second kappa shape index (κ2) is 7.77. The average molecular weight is 415 g/mol. The monoisotopic (exact) mass is 415 g/mol. The number of hydrogen-bond donors (Lipinski definition) is 1. The van der Waals surface area contributed by atoms with Crippen molar-refractivity contribution in [3.63, 3.8) is 0 Å². The molecule has 120 valence electrons. The van der Waals surface area contributed by atoms with E-state index in [9.17, 15) is 0 Å². The summed E-state index contributed by atoms with van der Waals surface area (Å²) in [6, 6.07) is 8.16. The van der Waals surface area contributed by atoms with Gasteiger partial charge in [-0.05, 0) is 19.1 Å². The molecule has 1 aromatic heterocycles. The van der Waals surface area contributed by atoms with E-state index in [-0.39, 0.29) is 24.0 Å². The lowest BCUT2D eigenvalue weighted by Gasteiger charge is -2.27. The van der Waals surface area contributed by atoms with Crippen LogP contribution in [0, 0.1) is 6.92 Å². The first-order valence-electron chi connectivity index (χ1n) is 7.30. The van der Waals surface area contributed by atoms with E-state index >= 15 is 0 Å². The summed E-state index contributed by atoms with van der Waals surface area (Å²) in [6.07, 6.45) is 0. The largest absolute Gasteiger partial charge is 0.378 e. The first kappa shape index (κ1) is 17.0.